The van der Waals surface area contributed by atoms with E-state index < -0.39 is 0 Å². The second-order valence-electron chi connectivity index (χ2n) is 4.48. The van der Waals surface area contributed by atoms with Gasteiger partial charge in [0, 0.05) is 32.7 Å². The Kier molecular flexibility index (Phi) is 5.00. The fourth-order valence-corrected chi connectivity index (χ4v) is 2.15. The number of aliphatic imine (C=N–C) groups is 1. The molecule has 0 N–H and O–H groups in total. The number of hydrogen-bond donors (Lipinski definition) is 0. The second kappa shape index (κ2) is 6.05. The zero-order valence-electron chi connectivity index (χ0n) is 11.2. The molecule has 0 unspecified atom stereocenters. The van der Waals surface area contributed by atoms with Gasteiger partial charge in [0.1, 0.15) is 0 Å². The van der Waals surface area contributed by atoms with Gasteiger partial charge < -0.3 is 9.80 Å². The maximum absolute atomic E-state index is 4.64. The van der Waals surface area contributed by atoms with Crippen molar-refractivity contribution in [2.45, 2.75) is 13.5 Å². The minimum absolute atomic E-state index is 0.713. The van der Waals surface area contributed by atoms with E-state index in [4.69, 9.17) is 0 Å². The minimum atomic E-state index is 0.713. The summed E-state index contributed by atoms with van der Waals surface area (Å²) in [5, 5.41) is 0. The first kappa shape index (κ1) is 14.0. The molecular weight excluding hydrogens is 278 g/mol. The van der Waals surface area contributed by atoms with Gasteiger partial charge in [0.05, 0.1) is 6.54 Å². The standard InChI is InChI=1S/C13H20BrN3/c1-10-8-12(14)7-6-11(10)9-15-13(16(2)3)17(4)5/h6-8H,9H2,1-5H3. The maximum Gasteiger partial charge on any atom is 0.195 e. The molecule has 0 bridgehead atoms. The smallest absolute Gasteiger partial charge is 0.195 e. The van der Waals surface area contributed by atoms with Crippen molar-refractivity contribution < 1.29 is 0 Å². The largest absolute Gasteiger partial charge is 0.349 e. The van der Waals surface area contributed by atoms with Crippen molar-refractivity contribution in [3.8, 4) is 0 Å². The van der Waals surface area contributed by atoms with Gasteiger partial charge in [-0.3, -0.25) is 0 Å². The highest BCUT2D eigenvalue weighted by Gasteiger charge is 2.04. The number of benzene rings is 1. The Morgan fingerprint density at radius 2 is 1.76 bits per heavy atom. The Labute approximate surface area is 112 Å². The molecule has 0 saturated carbocycles. The summed E-state index contributed by atoms with van der Waals surface area (Å²) in [5.41, 5.74) is 2.52. The van der Waals surface area contributed by atoms with E-state index in [1.54, 1.807) is 0 Å². The molecule has 0 saturated heterocycles. The Morgan fingerprint density at radius 1 is 1.18 bits per heavy atom. The van der Waals surface area contributed by atoms with Gasteiger partial charge >= 0.3 is 0 Å². The first-order valence-corrected chi connectivity index (χ1v) is 6.35. The van der Waals surface area contributed by atoms with Crippen LogP contribution < -0.4 is 0 Å². The number of halogens is 1. The van der Waals surface area contributed by atoms with Crippen LogP contribution in [0.3, 0.4) is 0 Å². The number of rotatable bonds is 2. The third-order valence-electron chi connectivity index (χ3n) is 2.50. The molecule has 0 atom stereocenters. The average molecular weight is 298 g/mol. The highest BCUT2D eigenvalue weighted by Crippen LogP contribution is 2.16. The van der Waals surface area contributed by atoms with Crippen molar-refractivity contribution in [1.29, 1.82) is 0 Å². The van der Waals surface area contributed by atoms with E-state index in [9.17, 15) is 0 Å². The predicted molar refractivity (Wildman–Crippen MR) is 77.4 cm³/mol. The number of hydrogen-bond acceptors (Lipinski definition) is 1. The van der Waals surface area contributed by atoms with E-state index in [0.29, 0.717) is 6.54 Å². The molecule has 3 nitrogen and oxygen atoms in total. The average Bonchev–Trinajstić information content (AvgIpc) is 2.20. The van der Waals surface area contributed by atoms with E-state index >= 15 is 0 Å². The van der Waals surface area contributed by atoms with E-state index in [2.05, 4.69) is 46.0 Å². The molecule has 0 aliphatic carbocycles. The lowest BCUT2D eigenvalue weighted by Gasteiger charge is -2.22. The van der Waals surface area contributed by atoms with Crippen LogP contribution in [0.2, 0.25) is 0 Å². The molecule has 1 rings (SSSR count). The Morgan fingerprint density at radius 3 is 2.24 bits per heavy atom. The lowest BCUT2D eigenvalue weighted by atomic mass is 10.1. The molecular formula is C13H20BrN3. The van der Waals surface area contributed by atoms with Gasteiger partial charge in [-0.2, -0.15) is 0 Å². The maximum atomic E-state index is 4.64. The van der Waals surface area contributed by atoms with Crippen LogP contribution >= 0.6 is 15.9 Å². The molecule has 0 fully saturated rings. The Bertz CT molecular complexity index is 401. The summed E-state index contributed by atoms with van der Waals surface area (Å²) >= 11 is 3.47. The van der Waals surface area contributed by atoms with Gasteiger partial charge in [0.15, 0.2) is 5.96 Å². The molecule has 17 heavy (non-hydrogen) atoms. The first-order chi connectivity index (χ1) is 7.91. The first-order valence-electron chi connectivity index (χ1n) is 5.56. The molecule has 0 aliphatic rings. The van der Waals surface area contributed by atoms with Crippen LogP contribution in [-0.2, 0) is 6.54 Å². The third kappa shape index (κ3) is 4.04. The van der Waals surface area contributed by atoms with Crippen molar-refractivity contribution >= 4 is 21.9 Å². The normalized spacial score (nSPS) is 10.0. The second-order valence-corrected chi connectivity index (χ2v) is 5.39. The van der Waals surface area contributed by atoms with E-state index in [0.717, 1.165) is 10.4 Å². The topological polar surface area (TPSA) is 18.8 Å². The summed E-state index contributed by atoms with van der Waals surface area (Å²) in [5.74, 6) is 0.979. The molecule has 0 aromatic heterocycles. The van der Waals surface area contributed by atoms with Gasteiger partial charge in [0.25, 0.3) is 0 Å². The quantitative estimate of drug-likeness (QED) is 0.617. The summed E-state index contributed by atoms with van der Waals surface area (Å²) < 4.78 is 1.11. The van der Waals surface area contributed by atoms with Crippen LogP contribution in [0.25, 0.3) is 0 Å². The number of nitrogens with zero attached hydrogens (tertiary/aromatic N) is 3. The summed E-state index contributed by atoms with van der Waals surface area (Å²) in [7, 11) is 8.03. The van der Waals surface area contributed by atoms with Gasteiger partial charge in [-0.25, -0.2) is 4.99 Å². The van der Waals surface area contributed by atoms with Gasteiger partial charge in [-0.1, -0.05) is 22.0 Å². The molecule has 94 valence electrons. The molecule has 0 aliphatic heterocycles. The van der Waals surface area contributed by atoms with Gasteiger partial charge in [-0.05, 0) is 30.2 Å². The highest BCUT2D eigenvalue weighted by molar-refractivity contribution is 9.10. The van der Waals surface area contributed by atoms with Crippen LogP contribution in [0.1, 0.15) is 11.1 Å². The van der Waals surface area contributed by atoms with Crippen molar-refractivity contribution in [2.24, 2.45) is 4.99 Å². The fraction of sp³-hybridized carbons (Fsp3) is 0.462. The van der Waals surface area contributed by atoms with Crippen molar-refractivity contribution in [2.75, 3.05) is 28.2 Å². The monoisotopic (exact) mass is 297 g/mol. The van der Waals surface area contributed by atoms with Gasteiger partial charge in [-0.15, -0.1) is 0 Å². The highest BCUT2D eigenvalue weighted by atomic mass is 79.9. The third-order valence-corrected chi connectivity index (χ3v) is 2.99. The lowest BCUT2D eigenvalue weighted by molar-refractivity contribution is 0.479. The van der Waals surface area contributed by atoms with Crippen molar-refractivity contribution in [3.63, 3.8) is 0 Å². The van der Waals surface area contributed by atoms with Crippen LogP contribution in [-0.4, -0.2) is 44.0 Å². The van der Waals surface area contributed by atoms with E-state index in [1.165, 1.54) is 11.1 Å². The summed E-state index contributed by atoms with van der Waals surface area (Å²) in [6.07, 6.45) is 0. The molecule has 1 aromatic rings. The van der Waals surface area contributed by atoms with Crippen molar-refractivity contribution in [1.82, 2.24) is 9.80 Å². The van der Waals surface area contributed by atoms with Crippen LogP contribution in [0.5, 0.6) is 0 Å². The summed E-state index contributed by atoms with van der Waals surface area (Å²) in [6, 6.07) is 6.30. The zero-order valence-corrected chi connectivity index (χ0v) is 12.7. The lowest BCUT2D eigenvalue weighted by Crippen LogP contribution is -2.35. The van der Waals surface area contributed by atoms with E-state index in [-0.39, 0.29) is 0 Å². The molecule has 0 heterocycles. The summed E-state index contributed by atoms with van der Waals surface area (Å²) in [6.45, 7) is 2.82. The van der Waals surface area contributed by atoms with Crippen LogP contribution in [0, 0.1) is 6.92 Å². The number of aryl methyl sites for hydroxylation is 1. The SMILES string of the molecule is Cc1cc(Br)ccc1CN=C(N(C)C)N(C)C. The number of guanidine groups is 1. The fourth-order valence-electron chi connectivity index (χ4n) is 1.68. The molecule has 0 amide bonds. The van der Waals surface area contributed by atoms with Crippen molar-refractivity contribution in [3.05, 3.63) is 33.8 Å². The predicted octanol–water partition coefficient (Wildman–Crippen LogP) is 2.74. The van der Waals surface area contributed by atoms with Crippen LogP contribution in [0.4, 0.5) is 0 Å². The van der Waals surface area contributed by atoms with Crippen LogP contribution in [0.15, 0.2) is 27.7 Å². The minimum Gasteiger partial charge on any atom is -0.349 e. The Hall–Kier alpha value is -1.03. The molecule has 1 aromatic carbocycles. The Balaban J connectivity index is 2.87. The van der Waals surface area contributed by atoms with Gasteiger partial charge in [0.2, 0.25) is 0 Å². The molecule has 4 heteroatoms. The summed E-state index contributed by atoms with van der Waals surface area (Å²) in [4.78, 5) is 8.68. The molecule has 0 spiro atoms. The molecule has 0 radical (unpaired) electrons. The zero-order chi connectivity index (χ0) is 13.0. The van der Waals surface area contributed by atoms with E-state index in [1.807, 2.05) is 38.0 Å².